The Morgan fingerprint density at radius 2 is 1.53 bits per heavy atom. The lowest BCUT2D eigenvalue weighted by molar-refractivity contribution is -0.152. The topological polar surface area (TPSA) is 74.7 Å². The van der Waals surface area contributed by atoms with E-state index in [4.69, 9.17) is 0 Å². The molecule has 3 rings (SSSR count). The normalized spacial score (nSPS) is 38.6. The minimum atomic E-state index is -0.873. The summed E-state index contributed by atoms with van der Waals surface area (Å²) in [7, 11) is 0. The second kappa shape index (κ2) is 4.62. The highest BCUT2D eigenvalue weighted by atomic mass is 16.4. The molecule has 5 nitrogen and oxygen atoms in total. The van der Waals surface area contributed by atoms with Crippen LogP contribution in [-0.4, -0.2) is 33.8 Å². The molecule has 4 unspecified atom stereocenters. The molecule has 2 aliphatic carbocycles. The fourth-order valence-electron chi connectivity index (χ4n) is 4.05. The molecule has 1 N–H and O–H groups in total. The van der Waals surface area contributed by atoms with Crippen molar-refractivity contribution in [2.24, 2.45) is 17.8 Å². The lowest BCUT2D eigenvalue weighted by atomic mass is 9.83. The van der Waals surface area contributed by atoms with Gasteiger partial charge in [-0.3, -0.25) is 19.3 Å². The van der Waals surface area contributed by atoms with Crippen LogP contribution < -0.4 is 0 Å². The first-order valence-electron chi connectivity index (χ1n) is 7.21. The molecular formula is C14H19NO4. The van der Waals surface area contributed by atoms with E-state index >= 15 is 0 Å². The number of carbonyl (C=O) groups is 3. The zero-order valence-corrected chi connectivity index (χ0v) is 10.9. The number of hydrogen-bond acceptors (Lipinski definition) is 3. The van der Waals surface area contributed by atoms with Crippen molar-refractivity contribution in [3.05, 3.63) is 0 Å². The number of rotatable bonds is 2. The lowest BCUT2D eigenvalue weighted by Gasteiger charge is -2.35. The number of hydrogen-bond donors (Lipinski definition) is 1. The number of nitrogens with zero attached hydrogens (tertiary/aromatic N) is 1. The Bertz CT molecular complexity index is 411. The first-order valence-corrected chi connectivity index (χ1v) is 7.21. The van der Waals surface area contributed by atoms with E-state index in [9.17, 15) is 19.5 Å². The molecule has 0 bridgehead atoms. The highest BCUT2D eigenvalue weighted by Gasteiger charge is 2.53. The van der Waals surface area contributed by atoms with E-state index < -0.39 is 17.9 Å². The zero-order valence-electron chi connectivity index (χ0n) is 10.9. The smallest absolute Gasteiger partial charge is 0.308 e. The van der Waals surface area contributed by atoms with Crippen LogP contribution >= 0.6 is 0 Å². The summed E-state index contributed by atoms with van der Waals surface area (Å²) in [5.74, 6) is -1.98. The highest BCUT2D eigenvalue weighted by molar-refractivity contribution is 6.06. The van der Waals surface area contributed by atoms with Crippen LogP contribution in [0.3, 0.4) is 0 Å². The Hall–Kier alpha value is -1.39. The molecule has 3 fully saturated rings. The van der Waals surface area contributed by atoms with E-state index in [0.29, 0.717) is 12.8 Å². The summed E-state index contributed by atoms with van der Waals surface area (Å²) in [6.45, 7) is 0. The molecule has 3 aliphatic rings. The molecule has 4 atom stereocenters. The largest absolute Gasteiger partial charge is 0.481 e. The van der Waals surface area contributed by atoms with E-state index in [1.807, 2.05) is 0 Å². The van der Waals surface area contributed by atoms with Crippen molar-refractivity contribution in [1.82, 2.24) is 4.90 Å². The van der Waals surface area contributed by atoms with Crippen LogP contribution in [0.4, 0.5) is 0 Å². The average molecular weight is 265 g/mol. The van der Waals surface area contributed by atoms with Crippen LogP contribution in [0.2, 0.25) is 0 Å². The summed E-state index contributed by atoms with van der Waals surface area (Å²) in [5.41, 5.74) is 0. The molecule has 0 aromatic carbocycles. The zero-order chi connectivity index (χ0) is 13.6. The number of carboxylic acid groups (broad SMARTS) is 1. The van der Waals surface area contributed by atoms with Gasteiger partial charge in [-0.05, 0) is 25.7 Å². The van der Waals surface area contributed by atoms with E-state index in [1.54, 1.807) is 0 Å². The Balaban J connectivity index is 1.86. The van der Waals surface area contributed by atoms with Crippen LogP contribution in [0.5, 0.6) is 0 Å². The number of likely N-dealkylation sites (tertiary alicyclic amines) is 1. The SMILES string of the molecule is O=C(O)C1CCCCC1N1C(=O)C2CCCC2C1=O. The maximum absolute atomic E-state index is 12.4. The average Bonchev–Trinajstić information content (AvgIpc) is 2.95. The van der Waals surface area contributed by atoms with Crippen molar-refractivity contribution in [2.45, 2.75) is 51.0 Å². The summed E-state index contributed by atoms with van der Waals surface area (Å²) in [4.78, 5) is 37.4. The van der Waals surface area contributed by atoms with E-state index in [2.05, 4.69) is 0 Å². The molecule has 0 aromatic rings. The number of amides is 2. The van der Waals surface area contributed by atoms with Gasteiger partial charge in [0, 0.05) is 0 Å². The minimum Gasteiger partial charge on any atom is -0.481 e. The number of aliphatic carboxylic acids is 1. The maximum Gasteiger partial charge on any atom is 0.308 e. The van der Waals surface area contributed by atoms with Crippen molar-refractivity contribution in [2.75, 3.05) is 0 Å². The van der Waals surface area contributed by atoms with Gasteiger partial charge < -0.3 is 5.11 Å². The Labute approximate surface area is 112 Å². The monoisotopic (exact) mass is 265 g/mol. The third-order valence-corrected chi connectivity index (χ3v) is 5.00. The molecule has 0 radical (unpaired) electrons. The third kappa shape index (κ3) is 1.86. The van der Waals surface area contributed by atoms with Gasteiger partial charge in [-0.25, -0.2) is 0 Å². The number of fused-ring (bicyclic) bond motifs is 1. The molecule has 19 heavy (non-hydrogen) atoms. The van der Waals surface area contributed by atoms with Crippen LogP contribution in [0.1, 0.15) is 44.9 Å². The van der Waals surface area contributed by atoms with Crippen LogP contribution in [0.25, 0.3) is 0 Å². The summed E-state index contributed by atoms with van der Waals surface area (Å²) < 4.78 is 0. The van der Waals surface area contributed by atoms with Crippen LogP contribution in [-0.2, 0) is 14.4 Å². The van der Waals surface area contributed by atoms with Crippen molar-refractivity contribution in [3.8, 4) is 0 Å². The molecule has 104 valence electrons. The predicted octanol–water partition coefficient (Wildman–Crippen LogP) is 1.41. The molecule has 2 amide bonds. The van der Waals surface area contributed by atoms with Crippen LogP contribution in [0.15, 0.2) is 0 Å². The molecule has 5 heteroatoms. The molecule has 0 spiro atoms. The van der Waals surface area contributed by atoms with Crippen molar-refractivity contribution in [3.63, 3.8) is 0 Å². The fraction of sp³-hybridized carbons (Fsp3) is 0.786. The Morgan fingerprint density at radius 1 is 0.947 bits per heavy atom. The molecule has 0 aromatic heterocycles. The van der Waals surface area contributed by atoms with Gasteiger partial charge in [-0.15, -0.1) is 0 Å². The Morgan fingerprint density at radius 3 is 2.11 bits per heavy atom. The first kappa shape index (κ1) is 12.6. The first-order chi connectivity index (χ1) is 9.11. The van der Waals surface area contributed by atoms with Gasteiger partial charge in [0.25, 0.3) is 0 Å². The highest BCUT2D eigenvalue weighted by Crippen LogP contribution is 2.43. The molecule has 2 saturated carbocycles. The Kier molecular flexibility index (Phi) is 3.07. The summed E-state index contributed by atoms with van der Waals surface area (Å²) in [6.07, 6.45) is 5.51. The summed E-state index contributed by atoms with van der Waals surface area (Å²) >= 11 is 0. The molecule has 1 aliphatic heterocycles. The summed E-state index contributed by atoms with van der Waals surface area (Å²) in [6, 6.07) is -0.406. The second-order valence-corrected chi connectivity index (χ2v) is 5.99. The third-order valence-electron chi connectivity index (χ3n) is 5.00. The van der Waals surface area contributed by atoms with Crippen molar-refractivity contribution >= 4 is 17.8 Å². The summed E-state index contributed by atoms with van der Waals surface area (Å²) in [5, 5.41) is 9.30. The van der Waals surface area contributed by atoms with Gasteiger partial charge >= 0.3 is 5.97 Å². The molecule has 1 heterocycles. The number of carbonyl (C=O) groups excluding carboxylic acids is 2. The van der Waals surface area contributed by atoms with Gasteiger partial charge in [0.2, 0.25) is 11.8 Å². The number of carboxylic acids is 1. The van der Waals surface area contributed by atoms with E-state index in [1.165, 1.54) is 4.90 Å². The fourth-order valence-corrected chi connectivity index (χ4v) is 4.05. The minimum absolute atomic E-state index is 0.106. The lowest BCUT2D eigenvalue weighted by Crippen LogP contribution is -2.49. The second-order valence-electron chi connectivity index (χ2n) is 5.99. The predicted molar refractivity (Wildman–Crippen MR) is 66.1 cm³/mol. The maximum atomic E-state index is 12.4. The van der Waals surface area contributed by atoms with Crippen LogP contribution in [0, 0.1) is 17.8 Å². The standard InChI is InChI=1S/C14H19NO4/c16-12-8-5-3-6-9(8)13(17)15(12)11-7-2-1-4-10(11)14(18)19/h8-11H,1-7H2,(H,18,19). The number of imide groups is 1. The van der Waals surface area contributed by atoms with Gasteiger partial charge in [0.15, 0.2) is 0 Å². The molecular weight excluding hydrogens is 246 g/mol. The van der Waals surface area contributed by atoms with Gasteiger partial charge in [0.1, 0.15) is 0 Å². The molecule has 1 saturated heterocycles. The van der Waals surface area contributed by atoms with Gasteiger partial charge in [-0.1, -0.05) is 19.3 Å². The van der Waals surface area contributed by atoms with E-state index in [0.717, 1.165) is 32.1 Å². The van der Waals surface area contributed by atoms with Gasteiger partial charge in [-0.2, -0.15) is 0 Å². The van der Waals surface area contributed by atoms with E-state index in [-0.39, 0.29) is 23.7 Å². The van der Waals surface area contributed by atoms with Crippen molar-refractivity contribution in [1.29, 1.82) is 0 Å². The quantitative estimate of drug-likeness (QED) is 0.766. The van der Waals surface area contributed by atoms with Gasteiger partial charge in [0.05, 0.1) is 23.8 Å². The van der Waals surface area contributed by atoms with Crippen molar-refractivity contribution < 1.29 is 19.5 Å².